The molecule has 6 nitrogen and oxygen atoms in total. The molecule has 2 bridgehead atoms. The second-order valence-corrected chi connectivity index (χ2v) is 9.10. The second-order valence-electron chi connectivity index (χ2n) is 9.10. The van der Waals surface area contributed by atoms with Gasteiger partial charge in [0.15, 0.2) is 6.10 Å². The Hall–Kier alpha value is -2.76. The van der Waals surface area contributed by atoms with Crippen molar-refractivity contribution >= 4 is 23.6 Å². The van der Waals surface area contributed by atoms with Crippen LogP contribution in [0.25, 0.3) is 0 Å². The maximum Gasteiger partial charge on any atom is 0.308 e. The summed E-state index contributed by atoms with van der Waals surface area (Å²) in [4.78, 5) is 51.8. The Balaban J connectivity index is 1.18. The maximum absolute atomic E-state index is 12.9. The zero-order valence-electron chi connectivity index (χ0n) is 17.1. The van der Waals surface area contributed by atoms with Crippen molar-refractivity contribution in [1.29, 1.82) is 0 Å². The topological polar surface area (TPSA) is 80.8 Å². The summed E-state index contributed by atoms with van der Waals surface area (Å²) in [5.74, 6) is -0.211. The van der Waals surface area contributed by atoms with Crippen LogP contribution in [0.5, 0.6) is 0 Å². The number of allylic oxidation sites excluding steroid dienone is 2. The van der Waals surface area contributed by atoms with Crippen LogP contribution in [0, 0.1) is 42.4 Å². The van der Waals surface area contributed by atoms with Crippen LogP contribution in [-0.2, 0) is 19.1 Å². The second kappa shape index (κ2) is 6.89. The predicted octanol–water partition coefficient (Wildman–Crippen LogP) is 2.55. The third kappa shape index (κ3) is 2.92. The maximum atomic E-state index is 12.9. The van der Waals surface area contributed by atoms with Crippen molar-refractivity contribution in [2.75, 3.05) is 6.54 Å². The number of carbonyl (C=O) groups is 4. The zero-order chi connectivity index (χ0) is 21.2. The molecule has 0 spiro atoms. The summed E-state index contributed by atoms with van der Waals surface area (Å²) in [6.45, 7) is 3.49. The zero-order valence-corrected chi connectivity index (χ0v) is 17.1. The van der Waals surface area contributed by atoms with Gasteiger partial charge in [0.2, 0.25) is 17.6 Å². The van der Waals surface area contributed by atoms with E-state index in [0.29, 0.717) is 17.4 Å². The fourth-order valence-corrected chi connectivity index (χ4v) is 5.70. The minimum absolute atomic E-state index is 0.0176. The number of Topliss-reactive ketones (excluding diaryl/α,β-unsaturated/α-hetero) is 1. The summed E-state index contributed by atoms with van der Waals surface area (Å²) in [5.41, 5.74) is 1.52. The molecule has 0 unspecified atom stereocenters. The molecule has 1 saturated heterocycles. The first kappa shape index (κ1) is 19.2. The van der Waals surface area contributed by atoms with E-state index in [2.05, 4.69) is 12.2 Å². The van der Waals surface area contributed by atoms with Crippen LogP contribution in [0.1, 0.15) is 35.7 Å². The molecule has 5 aliphatic rings. The summed E-state index contributed by atoms with van der Waals surface area (Å²) < 4.78 is 5.27. The lowest BCUT2D eigenvalue weighted by molar-refractivity contribution is -0.148. The lowest BCUT2D eigenvalue weighted by Gasteiger charge is -2.37. The van der Waals surface area contributed by atoms with Gasteiger partial charge in [-0.1, -0.05) is 42.0 Å². The Morgan fingerprint density at radius 2 is 1.60 bits per heavy atom. The molecule has 30 heavy (non-hydrogen) atoms. The van der Waals surface area contributed by atoms with Crippen molar-refractivity contribution in [3.8, 4) is 0 Å². The van der Waals surface area contributed by atoms with Crippen LogP contribution in [0.15, 0.2) is 36.4 Å². The molecule has 1 aromatic carbocycles. The van der Waals surface area contributed by atoms with Crippen LogP contribution >= 0.6 is 0 Å². The van der Waals surface area contributed by atoms with Gasteiger partial charge in [-0.05, 0) is 43.9 Å². The Morgan fingerprint density at radius 1 is 1.03 bits per heavy atom. The van der Waals surface area contributed by atoms with Crippen molar-refractivity contribution < 1.29 is 23.9 Å². The summed E-state index contributed by atoms with van der Waals surface area (Å²) in [5, 5.41) is 0. The molecule has 2 saturated carbocycles. The van der Waals surface area contributed by atoms with Crippen LogP contribution < -0.4 is 0 Å². The molecule has 1 aromatic rings. The number of imide groups is 1. The molecule has 0 radical (unpaired) electrons. The largest absolute Gasteiger partial charge is 0.454 e. The van der Waals surface area contributed by atoms with Gasteiger partial charge in [-0.3, -0.25) is 24.1 Å². The van der Waals surface area contributed by atoms with E-state index in [1.807, 2.05) is 19.1 Å². The highest BCUT2D eigenvalue weighted by atomic mass is 16.5. The van der Waals surface area contributed by atoms with Crippen LogP contribution in [-0.4, -0.2) is 41.1 Å². The normalized spacial score (nSPS) is 33.9. The van der Waals surface area contributed by atoms with E-state index in [0.717, 1.165) is 12.0 Å². The first-order valence-electron chi connectivity index (χ1n) is 10.7. The highest BCUT2D eigenvalue weighted by molar-refractivity contribution is 6.06. The number of aryl methyl sites for hydroxylation is 1. The van der Waals surface area contributed by atoms with Crippen LogP contribution in [0.2, 0.25) is 0 Å². The lowest BCUT2D eigenvalue weighted by atomic mass is 9.63. The monoisotopic (exact) mass is 407 g/mol. The Kier molecular flexibility index (Phi) is 4.42. The third-order valence-corrected chi connectivity index (χ3v) is 7.31. The third-order valence-electron chi connectivity index (χ3n) is 7.31. The molecule has 0 aromatic heterocycles. The van der Waals surface area contributed by atoms with E-state index < -0.39 is 12.1 Å². The summed E-state index contributed by atoms with van der Waals surface area (Å²) in [6.07, 6.45) is 4.36. The number of hydrogen-bond donors (Lipinski definition) is 0. The van der Waals surface area contributed by atoms with Crippen LogP contribution in [0.4, 0.5) is 0 Å². The summed E-state index contributed by atoms with van der Waals surface area (Å²) in [7, 11) is 0. The minimum atomic E-state index is -0.917. The van der Waals surface area contributed by atoms with Crippen molar-refractivity contribution in [2.24, 2.45) is 35.5 Å². The van der Waals surface area contributed by atoms with Crippen molar-refractivity contribution in [2.45, 2.75) is 32.8 Å². The fraction of sp³-hybridized carbons (Fsp3) is 0.500. The standard InChI is InChI=1S/C24H25NO5/c1-12-3-5-14(6-4-12)22(27)13(2)30-19(26)9-10-25-23(28)20-15-7-8-16(18-11-17(15)18)21(20)24(25)29/h3-8,13,15-18,20-21H,9-11H2,1-2H3/t13-,15-,16-,17-,18-,20-,21+/m1/s1. The van der Waals surface area contributed by atoms with Crippen molar-refractivity contribution in [3.05, 3.63) is 47.5 Å². The average Bonchev–Trinajstić information content (AvgIpc) is 3.51. The van der Waals surface area contributed by atoms with E-state index >= 15 is 0 Å². The number of hydrogen-bond acceptors (Lipinski definition) is 5. The Labute approximate surface area is 175 Å². The summed E-state index contributed by atoms with van der Waals surface area (Å²) >= 11 is 0. The van der Waals surface area contributed by atoms with Gasteiger partial charge in [0, 0.05) is 12.1 Å². The first-order valence-corrected chi connectivity index (χ1v) is 10.7. The number of rotatable bonds is 6. The van der Waals surface area contributed by atoms with Gasteiger partial charge in [-0.2, -0.15) is 0 Å². The van der Waals surface area contributed by atoms with Gasteiger partial charge < -0.3 is 4.74 Å². The highest BCUT2D eigenvalue weighted by Gasteiger charge is 2.66. The van der Waals surface area contributed by atoms with E-state index in [1.54, 1.807) is 12.1 Å². The Morgan fingerprint density at radius 3 is 2.17 bits per heavy atom. The van der Waals surface area contributed by atoms with Gasteiger partial charge in [0.05, 0.1) is 18.3 Å². The van der Waals surface area contributed by atoms with Crippen molar-refractivity contribution in [3.63, 3.8) is 0 Å². The number of carbonyl (C=O) groups excluding carboxylic acids is 4. The smallest absolute Gasteiger partial charge is 0.308 e. The molecular weight excluding hydrogens is 382 g/mol. The van der Waals surface area contributed by atoms with Gasteiger partial charge in [-0.25, -0.2) is 0 Å². The number of likely N-dealkylation sites (tertiary alicyclic amines) is 1. The van der Waals surface area contributed by atoms with Crippen molar-refractivity contribution in [1.82, 2.24) is 4.90 Å². The number of amides is 2. The van der Waals surface area contributed by atoms with Gasteiger partial charge in [0.25, 0.3) is 0 Å². The first-order chi connectivity index (χ1) is 14.4. The number of ether oxygens (including phenoxy) is 1. The fourth-order valence-electron chi connectivity index (χ4n) is 5.70. The molecule has 4 aliphatic carbocycles. The molecule has 1 heterocycles. The molecule has 156 valence electrons. The number of esters is 1. The molecular formula is C24H25NO5. The molecule has 3 fully saturated rings. The summed E-state index contributed by atoms with van der Waals surface area (Å²) in [6, 6.07) is 7.08. The molecule has 6 rings (SSSR count). The SMILES string of the molecule is Cc1ccc(C(=O)[C@@H](C)OC(=O)CCN2C(=O)[C@@H]3[C@@H]4C=C[C@H]([C@H]5C[C@H]45)[C@@H]3C2=O)cc1. The van der Waals surface area contributed by atoms with Gasteiger partial charge >= 0.3 is 5.97 Å². The quantitative estimate of drug-likeness (QED) is 0.313. The number of nitrogens with zero attached hydrogens (tertiary/aromatic N) is 1. The predicted molar refractivity (Wildman–Crippen MR) is 107 cm³/mol. The van der Waals surface area contributed by atoms with Gasteiger partial charge in [-0.15, -0.1) is 0 Å². The molecule has 6 heteroatoms. The van der Waals surface area contributed by atoms with E-state index in [9.17, 15) is 19.2 Å². The molecule has 0 N–H and O–H groups in total. The van der Waals surface area contributed by atoms with E-state index in [4.69, 9.17) is 4.74 Å². The van der Waals surface area contributed by atoms with Gasteiger partial charge in [0.1, 0.15) is 0 Å². The Bertz CT molecular complexity index is 928. The van der Waals surface area contributed by atoms with Crippen LogP contribution in [0.3, 0.4) is 0 Å². The average molecular weight is 407 g/mol. The van der Waals surface area contributed by atoms with E-state index in [1.165, 1.54) is 11.8 Å². The minimum Gasteiger partial charge on any atom is -0.454 e. The number of benzene rings is 1. The highest BCUT2D eigenvalue weighted by Crippen LogP contribution is 2.65. The molecule has 7 atom stereocenters. The molecule has 1 aliphatic heterocycles. The molecule has 2 amide bonds. The van der Waals surface area contributed by atoms with E-state index in [-0.39, 0.29) is 54.2 Å². The number of ketones is 1. The lowest BCUT2D eigenvalue weighted by Crippen LogP contribution is -2.40.